The summed E-state index contributed by atoms with van der Waals surface area (Å²) in [4.78, 5) is 38.5. The van der Waals surface area contributed by atoms with Gasteiger partial charge in [0.15, 0.2) is 6.10 Å². The first-order valence-electron chi connectivity index (χ1n) is 35.7. The Hall–Kier alpha value is -3.67. The second kappa shape index (κ2) is 70.8. The van der Waals surface area contributed by atoms with Crippen LogP contribution in [0.1, 0.15) is 355 Å². The molecule has 6 heteroatoms. The predicted molar refractivity (Wildman–Crippen MR) is 362 cm³/mol. The summed E-state index contributed by atoms with van der Waals surface area (Å²) in [5.74, 6) is -0.886. The highest BCUT2D eigenvalue weighted by Gasteiger charge is 2.19. The lowest BCUT2D eigenvalue weighted by atomic mass is 10.0. The molecule has 0 bridgehead atoms. The van der Waals surface area contributed by atoms with Crippen LogP contribution < -0.4 is 0 Å². The van der Waals surface area contributed by atoms with Gasteiger partial charge in [0.05, 0.1) is 0 Å². The number of carbonyl (C=O) groups excluding carboxylic acids is 3. The largest absolute Gasteiger partial charge is 0.462 e. The maximum absolute atomic E-state index is 13.0. The number of carbonyl (C=O) groups is 3. The third-order valence-electron chi connectivity index (χ3n) is 15.5. The molecule has 6 nitrogen and oxygen atoms in total. The molecule has 83 heavy (non-hydrogen) atoms. The topological polar surface area (TPSA) is 78.9 Å². The molecule has 1 atom stereocenters. The number of esters is 3. The molecule has 0 saturated heterocycles. The minimum Gasteiger partial charge on any atom is -0.462 e. The van der Waals surface area contributed by atoms with Crippen LogP contribution in [0.4, 0.5) is 0 Å². The van der Waals surface area contributed by atoms with Crippen molar-refractivity contribution in [2.24, 2.45) is 0 Å². The summed E-state index contributed by atoms with van der Waals surface area (Å²) in [5, 5.41) is 0. The third kappa shape index (κ3) is 69.0. The van der Waals surface area contributed by atoms with Crippen molar-refractivity contribution in [1.29, 1.82) is 0 Å². The van der Waals surface area contributed by atoms with Crippen LogP contribution in [0.25, 0.3) is 0 Å². The number of hydrogen-bond donors (Lipinski definition) is 0. The van der Waals surface area contributed by atoms with Gasteiger partial charge in [-0.3, -0.25) is 14.4 Å². The van der Waals surface area contributed by atoms with Gasteiger partial charge in [0.25, 0.3) is 0 Å². The summed E-state index contributed by atoms with van der Waals surface area (Å²) >= 11 is 0. The molecule has 0 heterocycles. The summed E-state index contributed by atoms with van der Waals surface area (Å²) in [5.41, 5.74) is 0. The van der Waals surface area contributed by atoms with E-state index < -0.39 is 6.10 Å². The van der Waals surface area contributed by atoms with Gasteiger partial charge >= 0.3 is 17.9 Å². The van der Waals surface area contributed by atoms with E-state index in [2.05, 4.69) is 118 Å². The number of hydrogen-bond acceptors (Lipinski definition) is 6. The zero-order valence-electron chi connectivity index (χ0n) is 54.9. The Labute approximate surface area is 515 Å². The molecule has 0 aromatic rings. The fourth-order valence-corrected chi connectivity index (χ4v) is 10.2. The molecule has 0 N–H and O–H groups in total. The SMILES string of the molecule is CC/C=C\C/C=C\C/C=C\C/C=C\CCCCCCCCC(=O)OC(COC(=O)CCCCCCCCC/C=C\CCCCCCCC)COC(=O)CCCCCCCCCCCCCCCC/C=C\C/C=C\C/C=C\CCCCCCC. The molecule has 0 radical (unpaired) electrons. The Bertz CT molecular complexity index is 1610. The molecule has 0 aliphatic heterocycles. The molecule has 0 spiro atoms. The van der Waals surface area contributed by atoms with E-state index in [4.69, 9.17) is 14.2 Å². The minimum atomic E-state index is -0.790. The summed E-state index contributed by atoms with van der Waals surface area (Å²) in [6.07, 6.45) is 95.7. The van der Waals surface area contributed by atoms with Crippen molar-refractivity contribution < 1.29 is 28.6 Å². The van der Waals surface area contributed by atoms with Gasteiger partial charge in [-0.15, -0.1) is 0 Å². The highest BCUT2D eigenvalue weighted by atomic mass is 16.6. The molecule has 0 rings (SSSR count). The second-order valence-electron chi connectivity index (χ2n) is 23.8. The molecular formula is C77H134O6. The fraction of sp³-hybridized carbons (Fsp3) is 0.753. The van der Waals surface area contributed by atoms with Gasteiger partial charge in [0.2, 0.25) is 0 Å². The highest BCUT2D eigenvalue weighted by molar-refractivity contribution is 5.71. The van der Waals surface area contributed by atoms with E-state index in [-0.39, 0.29) is 31.1 Å². The first-order chi connectivity index (χ1) is 41.0. The Morgan fingerprint density at radius 3 is 0.747 bits per heavy atom. The van der Waals surface area contributed by atoms with Crippen LogP contribution >= 0.6 is 0 Å². The standard InChI is InChI=1S/C77H134O6/c1-4-7-10-13-16-19-22-25-28-31-33-34-35-36-37-38-39-40-41-42-44-46-49-52-55-58-61-64-67-70-76(79)82-73-74(72-81-75(78)69-66-63-60-57-54-51-48-45-30-27-24-21-18-15-12-9-6-3)83-77(80)71-68-65-62-59-56-53-50-47-43-32-29-26-23-20-17-14-11-8-5-2/h8,11,17,20,22,25-27,29-31,33,35-36,43,47,74H,4-7,9-10,12-16,18-19,21,23-24,28,32,34,37-42,44-46,48-73H2,1-3H3/b11-8-,20-17-,25-22-,29-26-,30-27-,33-31-,36-35-,47-43-. The quantitative estimate of drug-likeness (QED) is 0.0261. The maximum Gasteiger partial charge on any atom is 0.306 e. The van der Waals surface area contributed by atoms with Crippen molar-refractivity contribution in [3.8, 4) is 0 Å². The zero-order chi connectivity index (χ0) is 59.9. The number of ether oxygens (including phenoxy) is 3. The van der Waals surface area contributed by atoms with Crippen molar-refractivity contribution in [1.82, 2.24) is 0 Å². The third-order valence-corrected chi connectivity index (χ3v) is 15.5. The van der Waals surface area contributed by atoms with E-state index >= 15 is 0 Å². The van der Waals surface area contributed by atoms with Crippen LogP contribution in [0, 0.1) is 0 Å². The first kappa shape index (κ1) is 79.3. The van der Waals surface area contributed by atoms with Gasteiger partial charge in [-0.25, -0.2) is 0 Å². The van der Waals surface area contributed by atoms with Crippen LogP contribution in [0.15, 0.2) is 97.2 Å². The van der Waals surface area contributed by atoms with Crippen LogP contribution in [0.3, 0.4) is 0 Å². The van der Waals surface area contributed by atoms with Gasteiger partial charge in [0, 0.05) is 19.3 Å². The lowest BCUT2D eigenvalue weighted by Crippen LogP contribution is -2.30. The van der Waals surface area contributed by atoms with E-state index in [1.807, 2.05) is 0 Å². The van der Waals surface area contributed by atoms with Crippen molar-refractivity contribution in [3.63, 3.8) is 0 Å². The van der Waals surface area contributed by atoms with Crippen molar-refractivity contribution in [2.45, 2.75) is 361 Å². The van der Waals surface area contributed by atoms with Gasteiger partial charge in [0.1, 0.15) is 13.2 Å². The Balaban J connectivity index is 4.32. The van der Waals surface area contributed by atoms with Gasteiger partial charge in [-0.05, 0) is 122 Å². The van der Waals surface area contributed by atoms with Crippen molar-refractivity contribution in [2.75, 3.05) is 13.2 Å². The van der Waals surface area contributed by atoms with E-state index in [0.29, 0.717) is 19.3 Å². The summed E-state index contributed by atoms with van der Waals surface area (Å²) in [6.45, 7) is 6.54. The molecule has 0 aliphatic carbocycles. The predicted octanol–water partition coefficient (Wildman–Crippen LogP) is 24.8. The number of rotatable bonds is 65. The Kier molecular flexibility index (Phi) is 67.7. The summed E-state index contributed by atoms with van der Waals surface area (Å²) < 4.78 is 17.0. The van der Waals surface area contributed by atoms with Crippen molar-refractivity contribution in [3.05, 3.63) is 97.2 Å². The molecule has 0 aliphatic rings. The van der Waals surface area contributed by atoms with Gasteiger partial charge < -0.3 is 14.2 Å². The lowest BCUT2D eigenvalue weighted by molar-refractivity contribution is -0.167. The molecule has 0 aromatic heterocycles. The molecule has 0 aromatic carbocycles. The molecule has 0 saturated carbocycles. The van der Waals surface area contributed by atoms with E-state index in [1.54, 1.807) is 0 Å². The first-order valence-corrected chi connectivity index (χ1v) is 35.7. The second-order valence-corrected chi connectivity index (χ2v) is 23.8. The van der Waals surface area contributed by atoms with E-state index in [1.165, 1.54) is 205 Å². The maximum atomic E-state index is 13.0. The number of unbranched alkanes of at least 4 members (excludes halogenated alkanes) is 38. The average molecular weight is 1160 g/mol. The van der Waals surface area contributed by atoms with Crippen molar-refractivity contribution >= 4 is 17.9 Å². The zero-order valence-corrected chi connectivity index (χ0v) is 54.9. The smallest absolute Gasteiger partial charge is 0.306 e. The molecule has 0 fully saturated rings. The Morgan fingerprint density at radius 2 is 0.470 bits per heavy atom. The van der Waals surface area contributed by atoms with Gasteiger partial charge in [-0.1, -0.05) is 311 Å². The van der Waals surface area contributed by atoms with E-state index in [9.17, 15) is 14.4 Å². The molecular weight excluding hydrogens is 1020 g/mol. The molecule has 0 amide bonds. The average Bonchev–Trinajstić information content (AvgIpc) is 3.49. The normalized spacial score (nSPS) is 12.7. The Morgan fingerprint density at radius 1 is 0.253 bits per heavy atom. The van der Waals surface area contributed by atoms with Crippen LogP contribution in [-0.2, 0) is 28.6 Å². The van der Waals surface area contributed by atoms with Crippen LogP contribution in [0.2, 0.25) is 0 Å². The van der Waals surface area contributed by atoms with E-state index in [0.717, 1.165) is 109 Å². The summed E-state index contributed by atoms with van der Waals surface area (Å²) in [6, 6.07) is 0. The summed E-state index contributed by atoms with van der Waals surface area (Å²) in [7, 11) is 0. The van der Waals surface area contributed by atoms with Gasteiger partial charge in [-0.2, -0.15) is 0 Å². The molecule has 478 valence electrons. The lowest BCUT2D eigenvalue weighted by Gasteiger charge is -2.18. The number of allylic oxidation sites excluding steroid dienone is 16. The fourth-order valence-electron chi connectivity index (χ4n) is 10.2. The molecule has 1 unspecified atom stereocenters. The minimum absolute atomic E-state index is 0.0834. The highest BCUT2D eigenvalue weighted by Crippen LogP contribution is 2.17. The van der Waals surface area contributed by atoms with Crippen LogP contribution in [0.5, 0.6) is 0 Å². The van der Waals surface area contributed by atoms with Crippen LogP contribution in [-0.4, -0.2) is 37.2 Å². The monoisotopic (exact) mass is 1160 g/mol.